The lowest BCUT2D eigenvalue weighted by Gasteiger charge is -2.06. The molecule has 1 aromatic rings. The number of nitrogens with zero attached hydrogens (tertiary/aromatic N) is 1. The highest BCUT2D eigenvalue weighted by Crippen LogP contribution is 2.19. The van der Waals surface area contributed by atoms with Gasteiger partial charge in [-0.05, 0) is 40.6 Å². The van der Waals surface area contributed by atoms with Crippen molar-refractivity contribution in [3.05, 3.63) is 34.3 Å². The van der Waals surface area contributed by atoms with E-state index in [1.54, 1.807) is 25.3 Å². The molecule has 0 saturated carbocycles. The molecule has 0 saturated heterocycles. The maximum absolute atomic E-state index is 13.6. The van der Waals surface area contributed by atoms with Crippen molar-refractivity contribution in [2.75, 3.05) is 0 Å². The minimum atomic E-state index is -0.374. The van der Waals surface area contributed by atoms with Crippen LogP contribution >= 0.6 is 15.9 Å². The summed E-state index contributed by atoms with van der Waals surface area (Å²) in [5.41, 5.74) is 0.691. The van der Waals surface area contributed by atoms with Gasteiger partial charge in [-0.2, -0.15) is 0 Å². The summed E-state index contributed by atoms with van der Waals surface area (Å²) in [7, 11) is 0. The molecular formula is C12H13BrFNO. The Balaban J connectivity index is 2.75. The van der Waals surface area contributed by atoms with Gasteiger partial charge in [-0.25, -0.2) is 9.37 Å². The summed E-state index contributed by atoms with van der Waals surface area (Å²) in [5.74, 6) is -0.676. The van der Waals surface area contributed by atoms with E-state index in [4.69, 9.17) is 0 Å². The van der Waals surface area contributed by atoms with Crippen LogP contribution in [0.5, 0.6) is 0 Å². The van der Waals surface area contributed by atoms with Gasteiger partial charge in [0.15, 0.2) is 0 Å². The van der Waals surface area contributed by atoms with Crippen LogP contribution in [0.4, 0.5) is 4.39 Å². The van der Waals surface area contributed by atoms with E-state index in [1.807, 2.05) is 0 Å². The van der Waals surface area contributed by atoms with E-state index >= 15 is 0 Å². The SMILES string of the molecule is CC(=O)C[C@@H](C)/C(F)=C/c1ccc(Br)nc1. The van der Waals surface area contributed by atoms with Crippen molar-refractivity contribution in [1.82, 2.24) is 4.98 Å². The molecule has 0 aromatic carbocycles. The van der Waals surface area contributed by atoms with Crippen LogP contribution in [-0.2, 0) is 4.79 Å². The van der Waals surface area contributed by atoms with Gasteiger partial charge in [0, 0.05) is 18.5 Å². The van der Waals surface area contributed by atoms with Crippen molar-refractivity contribution in [2.45, 2.75) is 20.3 Å². The zero-order valence-corrected chi connectivity index (χ0v) is 10.8. The van der Waals surface area contributed by atoms with Crippen molar-refractivity contribution in [3.63, 3.8) is 0 Å². The Morgan fingerprint density at radius 1 is 1.62 bits per heavy atom. The number of carbonyl (C=O) groups is 1. The molecule has 0 unspecified atom stereocenters. The van der Waals surface area contributed by atoms with Gasteiger partial charge in [-0.3, -0.25) is 0 Å². The summed E-state index contributed by atoms with van der Waals surface area (Å²) < 4.78 is 14.3. The molecule has 0 spiro atoms. The monoisotopic (exact) mass is 285 g/mol. The van der Waals surface area contributed by atoms with E-state index in [0.717, 1.165) is 0 Å². The Morgan fingerprint density at radius 3 is 2.81 bits per heavy atom. The predicted octanol–water partition coefficient (Wildman–Crippen LogP) is 3.77. The number of halogens is 2. The van der Waals surface area contributed by atoms with Gasteiger partial charge in [-0.15, -0.1) is 0 Å². The van der Waals surface area contributed by atoms with Crippen molar-refractivity contribution in [2.24, 2.45) is 5.92 Å². The fourth-order valence-corrected chi connectivity index (χ4v) is 1.54. The van der Waals surface area contributed by atoms with Crippen molar-refractivity contribution in [3.8, 4) is 0 Å². The van der Waals surface area contributed by atoms with Crippen LogP contribution in [0, 0.1) is 5.92 Å². The van der Waals surface area contributed by atoms with Crippen LogP contribution < -0.4 is 0 Å². The first-order valence-electron chi connectivity index (χ1n) is 4.97. The Morgan fingerprint density at radius 2 is 2.31 bits per heavy atom. The average molecular weight is 286 g/mol. The van der Waals surface area contributed by atoms with Crippen molar-refractivity contribution < 1.29 is 9.18 Å². The molecule has 0 aliphatic rings. The van der Waals surface area contributed by atoms with Crippen LogP contribution in [0.2, 0.25) is 0 Å². The third-order valence-corrected chi connectivity index (χ3v) is 2.59. The molecule has 86 valence electrons. The maximum atomic E-state index is 13.6. The third-order valence-electron chi connectivity index (χ3n) is 2.12. The molecular weight excluding hydrogens is 273 g/mol. The van der Waals surface area contributed by atoms with Gasteiger partial charge < -0.3 is 4.79 Å². The first-order chi connectivity index (χ1) is 7.49. The number of rotatable bonds is 4. The molecule has 0 fully saturated rings. The largest absolute Gasteiger partial charge is 0.300 e. The van der Waals surface area contributed by atoms with Crippen LogP contribution in [-0.4, -0.2) is 10.8 Å². The number of ketones is 1. The predicted molar refractivity (Wildman–Crippen MR) is 65.5 cm³/mol. The highest BCUT2D eigenvalue weighted by atomic mass is 79.9. The molecule has 0 aliphatic carbocycles. The second kappa shape index (κ2) is 5.89. The second-order valence-corrected chi connectivity index (χ2v) is 4.56. The molecule has 0 bridgehead atoms. The lowest BCUT2D eigenvalue weighted by Crippen LogP contribution is -2.02. The molecule has 0 aliphatic heterocycles. The summed E-state index contributed by atoms with van der Waals surface area (Å²) in [6.45, 7) is 3.16. The Kier molecular flexibility index (Phi) is 4.80. The summed E-state index contributed by atoms with van der Waals surface area (Å²) in [4.78, 5) is 14.8. The van der Waals surface area contributed by atoms with E-state index in [0.29, 0.717) is 10.2 Å². The number of Topliss-reactive ketones (excluding diaryl/α,β-unsaturated/α-hetero) is 1. The van der Waals surface area contributed by atoms with E-state index in [1.165, 1.54) is 13.0 Å². The molecule has 4 heteroatoms. The minimum Gasteiger partial charge on any atom is -0.300 e. The zero-order valence-electron chi connectivity index (χ0n) is 9.21. The number of hydrogen-bond acceptors (Lipinski definition) is 2. The van der Waals surface area contributed by atoms with Crippen LogP contribution in [0.25, 0.3) is 6.08 Å². The lowest BCUT2D eigenvalue weighted by atomic mass is 10.0. The molecule has 1 atom stereocenters. The number of allylic oxidation sites excluding steroid dienone is 1. The summed E-state index contributed by atoms with van der Waals surface area (Å²) in [6.07, 6.45) is 3.21. The summed E-state index contributed by atoms with van der Waals surface area (Å²) in [6, 6.07) is 3.51. The highest BCUT2D eigenvalue weighted by molar-refractivity contribution is 9.10. The van der Waals surface area contributed by atoms with E-state index in [9.17, 15) is 9.18 Å². The minimum absolute atomic E-state index is 0.00928. The van der Waals surface area contributed by atoms with Gasteiger partial charge >= 0.3 is 0 Å². The first-order valence-corrected chi connectivity index (χ1v) is 5.76. The fourth-order valence-electron chi connectivity index (χ4n) is 1.30. The molecule has 1 rings (SSSR count). The third kappa shape index (κ3) is 4.23. The van der Waals surface area contributed by atoms with Gasteiger partial charge in [0.2, 0.25) is 0 Å². The van der Waals surface area contributed by atoms with Gasteiger partial charge in [-0.1, -0.05) is 13.0 Å². The number of pyridine rings is 1. The summed E-state index contributed by atoms with van der Waals surface area (Å²) >= 11 is 3.20. The topological polar surface area (TPSA) is 30.0 Å². The normalized spacial score (nSPS) is 13.6. The number of hydrogen-bond donors (Lipinski definition) is 0. The smallest absolute Gasteiger partial charge is 0.130 e. The molecule has 0 radical (unpaired) electrons. The summed E-state index contributed by atoms with van der Waals surface area (Å²) in [5, 5.41) is 0. The van der Waals surface area contributed by atoms with Crippen LogP contribution in [0.1, 0.15) is 25.8 Å². The molecule has 1 aromatic heterocycles. The number of aromatic nitrogens is 1. The van der Waals surface area contributed by atoms with E-state index in [-0.39, 0.29) is 23.9 Å². The molecule has 0 amide bonds. The fraction of sp³-hybridized carbons (Fsp3) is 0.333. The quantitative estimate of drug-likeness (QED) is 0.789. The zero-order chi connectivity index (χ0) is 12.1. The molecule has 16 heavy (non-hydrogen) atoms. The Hall–Kier alpha value is -1.03. The molecule has 0 N–H and O–H groups in total. The van der Waals surface area contributed by atoms with Crippen molar-refractivity contribution >= 4 is 27.8 Å². The second-order valence-electron chi connectivity index (χ2n) is 3.75. The highest BCUT2D eigenvalue weighted by Gasteiger charge is 2.10. The Bertz CT molecular complexity index is 400. The molecule has 1 heterocycles. The average Bonchev–Trinajstić information content (AvgIpc) is 2.20. The van der Waals surface area contributed by atoms with Crippen molar-refractivity contribution in [1.29, 1.82) is 0 Å². The lowest BCUT2D eigenvalue weighted by molar-refractivity contribution is -0.117. The first kappa shape index (κ1) is 13.0. The maximum Gasteiger partial charge on any atom is 0.130 e. The van der Waals surface area contributed by atoms with Gasteiger partial charge in [0.25, 0.3) is 0 Å². The van der Waals surface area contributed by atoms with Gasteiger partial charge in [0.05, 0.1) is 0 Å². The van der Waals surface area contributed by atoms with Crippen LogP contribution in [0.3, 0.4) is 0 Å². The van der Waals surface area contributed by atoms with E-state index < -0.39 is 0 Å². The van der Waals surface area contributed by atoms with E-state index in [2.05, 4.69) is 20.9 Å². The van der Waals surface area contributed by atoms with Crippen LogP contribution in [0.15, 0.2) is 28.8 Å². The number of carbonyl (C=O) groups excluding carboxylic acids is 1. The van der Waals surface area contributed by atoms with Gasteiger partial charge in [0.1, 0.15) is 16.2 Å². The molecule has 2 nitrogen and oxygen atoms in total. The standard InChI is InChI=1S/C12H13BrFNO/c1-8(5-9(2)16)11(14)6-10-3-4-12(13)15-7-10/h3-4,6-8H,5H2,1-2H3/b11-6-/t8-/m1/s1. The Labute approximate surface area is 103 Å².